The molecule has 0 aliphatic rings. The molecule has 1 heterocycles. The van der Waals surface area contributed by atoms with Gasteiger partial charge in [-0.2, -0.15) is 0 Å². The van der Waals surface area contributed by atoms with E-state index in [0.717, 1.165) is 30.0 Å². The summed E-state index contributed by atoms with van der Waals surface area (Å²) in [5.41, 5.74) is 3.02. The monoisotopic (exact) mass is 213 g/mol. The van der Waals surface area contributed by atoms with Crippen molar-refractivity contribution in [2.75, 3.05) is 0 Å². The Bertz CT molecular complexity index is 322. The fourth-order valence-electron chi connectivity index (χ4n) is 1.20. The molecule has 1 aromatic heterocycles. The molecule has 1 aromatic rings. The van der Waals surface area contributed by atoms with Gasteiger partial charge < -0.3 is 0 Å². The average molecular weight is 213 g/mol. The highest BCUT2D eigenvalue weighted by Crippen LogP contribution is 2.20. The van der Waals surface area contributed by atoms with Crippen LogP contribution in [-0.2, 0) is 12.8 Å². The third-order valence-electron chi connectivity index (χ3n) is 1.87. The van der Waals surface area contributed by atoms with Crippen molar-refractivity contribution >= 4 is 17.2 Å². The van der Waals surface area contributed by atoms with Gasteiger partial charge in [0.1, 0.15) is 4.88 Å². The summed E-state index contributed by atoms with van der Waals surface area (Å²) in [6.45, 7) is 4.09. The molecule has 0 aliphatic carbocycles. The summed E-state index contributed by atoms with van der Waals surface area (Å²) in [7, 11) is 0. The highest BCUT2D eigenvalue weighted by Gasteiger charge is 2.15. The lowest BCUT2D eigenvalue weighted by molar-refractivity contribution is 0.0956. The van der Waals surface area contributed by atoms with Gasteiger partial charge in [-0.05, 0) is 12.8 Å². The average Bonchev–Trinajstić information content (AvgIpc) is 2.61. The maximum Gasteiger partial charge on any atom is 0.277 e. The fourth-order valence-corrected chi connectivity index (χ4v) is 2.15. The molecule has 78 valence electrons. The van der Waals surface area contributed by atoms with Crippen LogP contribution in [-0.4, -0.2) is 10.9 Å². The molecule has 4 nitrogen and oxygen atoms in total. The number of hydrogen-bond donors (Lipinski definition) is 2. The third-order valence-corrected chi connectivity index (χ3v) is 3.11. The number of thiazole rings is 1. The van der Waals surface area contributed by atoms with Crippen LogP contribution in [0.15, 0.2) is 0 Å². The summed E-state index contributed by atoms with van der Waals surface area (Å²) in [6, 6.07) is 0. The van der Waals surface area contributed by atoms with Gasteiger partial charge in [0.2, 0.25) is 0 Å². The smallest absolute Gasteiger partial charge is 0.277 e. The zero-order valence-electron chi connectivity index (χ0n) is 8.46. The molecule has 0 bridgehead atoms. The SMILES string of the molecule is CCCc1nc(CC)sc1C(=O)NN. The van der Waals surface area contributed by atoms with Crippen LogP contribution in [0.25, 0.3) is 0 Å². The Labute approximate surface area is 87.5 Å². The number of hydrazine groups is 1. The second-order valence-corrected chi connectivity index (χ2v) is 4.04. The molecule has 0 spiro atoms. The van der Waals surface area contributed by atoms with Gasteiger partial charge in [-0.1, -0.05) is 20.3 Å². The second kappa shape index (κ2) is 5.07. The number of nitrogens with one attached hydrogen (secondary N) is 1. The molecule has 0 saturated carbocycles. The molecular formula is C9H15N3OS. The van der Waals surface area contributed by atoms with E-state index in [0.29, 0.717) is 4.88 Å². The highest BCUT2D eigenvalue weighted by atomic mass is 32.1. The van der Waals surface area contributed by atoms with Crippen molar-refractivity contribution < 1.29 is 4.79 Å². The van der Waals surface area contributed by atoms with E-state index < -0.39 is 0 Å². The van der Waals surface area contributed by atoms with E-state index in [1.165, 1.54) is 11.3 Å². The Morgan fingerprint density at radius 2 is 2.29 bits per heavy atom. The van der Waals surface area contributed by atoms with E-state index in [4.69, 9.17) is 5.84 Å². The number of carbonyl (C=O) groups excluding carboxylic acids is 1. The van der Waals surface area contributed by atoms with Crippen LogP contribution in [0.2, 0.25) is 0 Å². The lowest BCUT2D eigenvalue weighted by Gasteiger charge is -1.97. The predicted octanol–water partition coefficient (Wildman–Crippen LogP) is 1.26. The Kier molecular flexibility index (Phi) is 4.03. The molecule has 3 N–H and O–H groups in total. The topological polar surface area (TPSA) is 68.0 Å². The second-order valence-electron chi connectivity index (χ2n) is 2.96. The number of nitrogens with two attached hydrogens (primary N) is 1. The van der Waals surface area contributed by atoms with Crippen LogP contribution in [0, 0.1) is 0 Å². The van der Waals surface area contributed by atoms with E-state index >= 15 is 0 Å². The van der Waals surface area contributed by atoms with Crippen LogP contribution < -0.4 is 11.3 Å². The van der Waals surface area contributed by atoms with Gasteiger partial charge in [0.25, 0.3) is 5.91 Å². The van der Waals surface area contributed by atoms with Crippen LogP contribution in [0.5, 0.6) is 0 Å². The first-order chi connectivity index (χ1) is 6.72. The summed E-state index contributed by atoms with van der Waals surface area (Å²) < 4.78 is 0. The molecule has 0 aromatic carbocycles. The fraction of sp³-hybridized carbons (Fsp3) is 0.556. The highest BCUT2D eigenvalue weighted by molar-refractivity contribution is 7.13. The van der Waals surface area contributed by atoms with Crippen LogP contribution in [0.4, 0.5) is 0 Å². The maximum absolute atomic E-state index is 11.4. The molecule has 14 heavy (non-hydrogen) atoms. The van der Waals surface area contributed by atoms with Gasteiger partial charge in [-0.3, -0.25) is 10.2 Å². The first-order valence-corrected chi connectivity index (χ1v) is 5.54. The predicted molar refractivity (Wildman–Crippen MR) is 57.1 cm³/mol. The number of aryl methyl sites for hydroxylation is 2. The van der Waals surface area contributed by atoms with E-state index in [1.807, 2.05) is 6.92 Å². The van der Waals surface area contributed by atoms with Gasteiger partial charge in [-0.15, -0.1) is 11.3 Å². The van der Waals surface area contributed by atoms with Gasteiger partial charge in [-0.25, -0.2) is 10.8 Å². The van der Waals surface area contributed by atoms with Crippen LogP contribution in [0.1, 0.15) is 40.6 Å². The molecule has 0 unspecified atom stereocenters. The first-order valence-electron chi connectivity index (χ1n) is 4.72. The van der Waals surface area contributed by atoms with E-state index in [-0.39, 0.29) is 5.91 Å². The lowest BCUT2D eigenvalue weighted by atomic mass is 10.2. The van der Waals surface area contributed by atoms with E-state index in [1.54, 1.807) is 0 Å². The van der Waals surface area contributed by atoms with Gasteiger partial charge in [0.15, 0.2) is 0 Å². The number of aromatic nitrogens is 1. The van der Waals surface area contributed by atoms with Crippen LogP contribution >= 0.6 is 11.3 Å². The van der Waals surface area contributed by atoms with Crippen molar-refractivity contribution in [3.05, 3.63) is 15.6 Å². The zero-order valence-corrected chi connectivity index (χ0v) is 9.28. The number of rotatable bonds is 4. The molecule has 1 amide bonds. The standard InChI is InChI=1S/C9H15N3OS/c1-3-5-6-8(9(13)12-10)14-7(4-2)11-6/h3-5,10H2,1-2H3,(H,12,13). The van der Waals surface area contributed by atoms with Gasteiger partial charge in [0, 0.05) is 0 Å². The number of hydrogen-bond acceptors (Lipinski definition) is 4. The molecular weight excluding hydrogens is 198 g/mol. The van der Waals surface area contributed by atoms with Crippen molar-refractivity contribution in [3.8, 4) is 0 Å². The Hall–Kier alpha value is -0.940. The summed E-state index contributed by atoms with van der Waals surface area (Å²) in [6.07, 6.45) is 2.68. The summed E-state index contributed by atoms with van der Waals surface area (Å²) >= 11 is 1.43. The summed E-state index contributed by atoms with van der Waals surface area (Å²) in [4.78, 5) is 16.4. The Morgan fingerprint density at radius 1 is 1.57 bits per heavy atom. The normalized spacial score (nSPS) is 10.2. The van der Waals surface area contributed by atoms with Crippen molar-refractivity contribution in [1.29, 1.82) is 0 Å². The maximum atomic E-state index is 11.4. The minimum atomic E-state index is -0.231. The molecule has 1 rings (SSSR count). The Balaban J connectivity index is 2.99. The lowest BCUT2D eigenvalue weighted by Crippen LogP contribution is -2.30. The number of amides is 1. The zero-order chi connectivity index (χ0) is 10.6. The minimum Gasteiger partial charge on any atom is -0.289 e. The third kappa shape index (κ3) is 2.30. The molecule has 0 aliphatic heterocycles. The van der Waals surface area contributed by atoms with Crippen molar-refractivity contribution in [2.45, 2.75) is 33.1 Å². The molecule has 5 heteroatoms. The largest absolute Gasteiger partial charge is 0.289 e. The molecule has 0 atom stereocenters. The molecule has 0 radical (unpaired) electrons. The van der Waals surface area contributed by atoms with Crippen molar-refractivity contribution in [2.24, 2.45) is 5.84 Å². The molecule has 0 fully saturated rings. The van der Waals surface area contributed by atoms with Crippen LogP contribution in [0.3, 0.4) is 0 Å². The summed E-state index contributed by atoms with van der Waals surface area (Å²) in [5.74, 6) is 4.87. The first kappa shape index (κ1) is 11.1. The van der Waals surface area contributed by atoms with E-state index in [2.05, 4.69) is 17.3 Å². The number of carbonyl (C=O) groups is 1. The van der Waals surface area contributed by atoms with Crippen molar-refractivity contribution in [1.82, 2.24) is 10.4 Å². The van der Waals surface area contributed by atoms with E-state index in [9.17, 15) is 4.79 Å². The number of nitrogen functional groups attached to an aromatic ring is 1. The van der Waals surface area contributed by atoms with Gasteiger partial charge in [0.05, 0.1) is 10.7 Å². The minimum absolute atomic E-state index is 0.231. The van der Waals surface area contributed by atoms with Crippen molar-refractivity contribution in [3.63, 3.8) is 0 Å². The van der Waals surface area contributed by atoms with Gasteiger partial charge >= 0.3 is 0 Å². The molecule has 0 saturated heterocycles. The summed E-state index contributed by atoms with van der Waals surface area (Å²) in [5, 5.41) is 0.993. The Morgan fingerprint density at radius 3 is 2.79 bits per heavy atom. The quantitative estimate of drug-likeness (QED) is 0.449. The number of nitrogens with zero attached hydrogens (tertiary/aromatic N) is 1.